The number of nitrogens with two attached hydrogens (primary N) is 1. The van der Waals surface area contributed by atoms with Crippen molar-refractivity contribution < 1.29 is 4.79 Å². The predicted octanol–water partition coefficient (Wildman–Crippen LogP) is 1.83. The molecule has 1 heterocycles. The van der Waals surface area contributed by atoms with Gasteiger partial charge < -0.3 is 11.1 Å². The fourth-order valence-corrected chi connectivity index (χ4v) is 1.33. The van der Waals surface area contributed by atoms with Crippen molar-refractivity contribution in [3.63, 3.8) is 0 Å². The molecule has 0 aromatic carbocycles. The second-order valence-electron chi connectivity index (χ2n) is 3.27. The van der Waals surface area contributed by atoms with Gasteiger partial charge >= 0.3 is 0 Å². The molecule has 0 aliphatic rings. The molecular weight excluding hydrogens is 258 g/mol. The van der Waals surface area contributed by atoms with Gasteiger partial charge in [-0.05, 0) is 47.4 Å². The highest BCUT2D eigenvalue weighted by Crippen LogP contribution is 2.16. The first-order valence-corrected chi connectivity index (χ1v) is 5.55. The SMILES string of the molecule is Cc1cc(NC(=O)CCCN)cnc1Br. The molecule has 1 aromatic rings. The maximum Gasteiger partial charge on any atom is 0.224 e. The topological polar surface area (TPSA) is 68.0 Å². The van der Waals surface area contributed by atoms with Crippen molar-refractivity contribution in [2.24, 2.45) is 5.73 Å². The van der Waals surface area contributed by atoms with Gasteiger partial charge in [0.05, 0.1) is 11.9 Å². The third-order valence-corrected chi connectivity index (χ3v) is 2.74. The molecule has 0 saturated heterocycles. The Morgan fingerprint density at radius 2 is 2.40 bits per heavy atom. The van der Waals surface area contributed by atoms with E-state index in [1.165, 1.54) is 0 Å². The summed E-state index contributed by atoms with van der Waals surface area (Å²) in [6.07, 6.45) is 2.78. The summed E-state index contributed by atoms with van der Waals surface area (Å²) in [4.78, 5) is 15.5. The summed E-state index contributed by atoms with van der Waals surface area (Å²) in [6, 6.07) is 1.87. The number of nitrogens with zero attached hydrogens (tertiary/aromatic N) is 1. The summed E-state index contributed by atoms with van der Waals surface area (Å²) in [5, 5.41) is 2.77. The van der Waals surface area contributed by atoms with Gasteiger partial charge in [-0.15, -0.1) is 0 Å². The lowest BCUT2D eigenvalue weighted by Crippen LogP contribution is -2.13. The molecular formula is C10H14BrN3O. The van der Waals surface area contributed by atoms with Gasteiger partial charge in [-0.3, -0.25) is 4.79 Å². The van der Waals surface area contributed by atoms with E-state index in [0.717, 1.165) is 15.9 Å². The Morgan fingerprint density at radius 3 is 3.00 bits per heavy atom. The number of anilines is 1. The molecule has 15 heavy (non-hydrogen) atoms. The average molecular weight is 272 g/mol. The van der Waals surface area contributed by atoms with Crippen LogP contribution < -0.4 is 11.1 Å². The minimum absolute atomic E-state index is 0.0241. The van der Waals surface area contributed by atoms with Gasteiger partial charge in [-0.1, -0.05) is 0 Å². The van der Waals surface area contributed by atoms with E-state index < -0.39 is 0 Å². The highest BCUT2D eigenvalue weighted by molar-refractivity contribution is 9.10. The van der Waals surface area contributed by atoms with Crippen molar-refractivity contribution >= 4 is 27.5 Å². The molecule has 0 fully saturated rings. The molecule has 0 unspecified atom stereocenters. The molecule has 0 radical (unpaired) electrons. The molecule has 5 heteroatoms. The Bertz CT molecular complexity index is 355. The highest BCUT2D eigenvalue weighted by atomic mass is 79.9. The number of aromatic nitrogens is 1. The number of aryl methyl sites for hydroxylation is 1. The van der Waals surface area contributed by atoms with Crippen LogP contribution >= 0.6 is 15.9 Å². The van der Waals surface area contributed by atoms with Crippen LogP contribution in [-0.2, 0) is 4.79 Å². The van der Waals surface area contributed by atoms with E-state index in [-0.39, 0.29) is 5.91 Å². The molecule has 1 amide bonds. The van der Waals surface area contributed by atoms with Crippen molar-refractivity contribution in [2.45, 2.75) is 19.8 Å². The van der Waals surface area contributed by atoms with Crippen LogP contribution in [0.5, 0.6) is 0 Å². The molecule has 0 atom stereocenters. The molecule has 3 N–H and O–H groups in total. The Labute approximate surface area is 97.4 Å². The summed E-state index contributed by atoms with van der Waals surface area (Å²) in [7, 11) is 0. The zero-order chi connectivity index (χ0) is 11.3. The van der Waals surface area contributed by atoms with Crippen molar-refractivity contribution in [1.29, 1.82) is 0 Å². The molecule has 82 valence electrons. The van der Waals surface area contributed by atoms with Gasteiger partial charge in [0.25, 0.3) is 0 Å². The minimum atomic E-state index is -0.0241. The number of pyridine rings is 1. The summed E-state index contributed by atoms with van der Waals surface area (Å²) in [6.45, 7) is 2.46. The molecule has 1 aromatic heterocycles. The molecule has 0 saturated carbocycles. The van der Waals surface area contributed by atoms with Crippen LogP contribution in [0.15, 0.2) is 16.9 Å². The van der Waals surface area contributed by atoms with Gasteiger partial charge in [0, 0.05) is 6.42 Å². The molecule has 0 aliphatic heterocycles. The van der Waals surface area contributed by atoms with Crippen LogP contribution in [0.4, 0.5) is 5.69 Å². The molecule has 0 bridgehead atoms. The van der Waals surface area contributed by atoms with E-state index in [2.05, 4.69) is 26.2 Å². The first-order chi connectivity index (χ1) is 7.13. The Kier molecular flexibility index (Phi) is 4.71. The summed E-state index contributed by atoms with van der Waals surface area (Å²) < 4.78 is 0.794. The smallest absolute Gasteiger partial charge is 0.224 e. The third kappa shape index (κ3) is 3.97. The van der Waals surface area contributed by atoms with E-state index in [4.69, 9.17) is 5.73 Å². The Hall–Kier alpha value is -0.940. The number of nitrogens with one attached hydrogen (secondary N) is 1. The zero-order valence-corrected chi connectivity index (χ0v) is 10.2. The summed E-state index contributed by atoms with van der Waals surface area (Å²) >= 11 is 3.30. The lowest BCUT2D eigenvalue weighted by molar-refractivity contribution is -0.116. The predicted molar refractivity (Wildman–Crippen MR) is 63.6 cm³/mol. The lowest BCUT2D eigenvalue weighted by atomic mass is 10.2. The molecule has 4 nitrogen and oxygen atoms in total. The fraction of sp³-hybridized carbons (Fsp3) is 0.400. The second kappa shape index (κ2) is 5.82. The summed E-state index contributed by atoms with van der Waals surface area (Å²) in [5.74, 6) is -0.0241. The molecule has 0 aliphatic carbocycles. The maximum atomic E-state index is 11.4. The van der Waals surface area contributed by atoms with Crippen molar-refractivity contribution in [2.75, 3.05) is 11.9 Å². The van der Waals surface area contributed by atoms with Crippen molar-refractivity contribution in [1.82, 2.24) is 4.98 Å². The van der Waals surface area contributed by atoms with Crippen LogP contribution in [0.2, 0.25) is 0 Å². The maximum absolute atomic E-state index is 11.4. The normalized spacial score (nSPS) is 10.1. The Balaban J connectivity index is 2.57. The quantitative estimate of drug-likeness (QED) is 0.822. The minimum Gasteiger partial charge on any atom is -0.330 e. The van der Waals surface area contributed by atoms with E-state index in [0.29, 0.717) is 19.4 Å². The fourth-order valence-electron chi connectivity index (χ4n) is 1.11. The number of hydrogen-bond acceptors (Lipinski definition) is 3. The number of carbonyl (C=O) groups is 1. The van der Waals surface area contributed by atoms with Crippen molar-refractivity contribution in [3.8, 4) is 0 Å². The highest BCUT2D eigenvalue weighted by Gasteiger charge is 2.03. The van der Waals surface area contributed by atoms with E-state index in [9.17, 15) is 4.79 Å². The number of rotatable bonds is 4. The largest absolute Gasteiger partial charge is 0.330 e. The molecule has 1 rings (SSSR count). The second-order valence-corrected chi connectivity index (χ2v) is 4.02. The van der Waals surface area contributed by atoms with Gasteiger partial charge in [0.1, 0.15) is 4.60 Å². The van der Waals surface area contributed by atoms with Gasteiger partial charge in [0.15, 0.2) is 0 Å². The standard InChI is InChI=1S/C10H14BrN3O/c1-7-5-8(6-13-10(7)11)14-9(15)3-2-4-12/h5-6H,2-4,12H2,1H3,(H,14,15). The third-order valence-electron chi connectivity index (χ3n) is 1.91. The van der Waals surface area contributed by atoms with Crippen LogP contribution in [0.25, 0.3) is 0 Å². The first-order valence-electron chi connectivity index (χ1n) is 4.75. The monoisotopic (exact) mass is 271 g/mol. The van der Waals surface area contributed by atoms with Crippen LogP contribution in [-0.4, -0.2) is 17.4 Å². The van der Waals surface area contributed by atoms with Crippen LogP contribution in [0.3, 0.4) is 0 Å². The lowest BCUT2D eigenvalue weighted by Gasteiger charge is -2.05. The van der Waals surface area contributed by atoms with Crippen LogP contribution in [0, 0.1) is 6.92 Å². The van der Waals surface area contributed by atoms with E-state index >= 15 is 0 Å². The zero-order valence-electron chi connectivity index (χ0n) is 8.59. The average Bonchev–Trinajstić information content (AvgIpc) is 2.20. The number of halogens is 1. The number of carbonyl (C=O) groups excluding carboxylic acids is 1. The Morgan fingerprint density at radius 1 is 1.67 bits per heavy atom. The molecule has 0 spiro atoms. The van der Waals surface area contributed by atoms with Gasteiger partial charge in [-0.25, -0.2) is 4.98 Å². The van der Waals surface area contributed by atoms with E-state index in [1.807, 2.05) is 13.0 Å². The van der Waals surface area contributed by atoms with Crippen molar-refractivity contribution in [3.05, 3.63) is 22.4 Å². The van der Waals surface area contributed by atoms with Gasteiger partial charge in [-0.2, -0.15) is 0 Å². The number of amides is 1. The van der Waals surface area contributed by atoms with Gasteiger partial charge in [0.2, 0.25) is 5.91 Å². The summed E-state index contributed by atoms with van der Waals surface area (Å²) in [5.41, 5.74) is 7.03. The number of hydrogen-bond donors (Lipinski definition) is 2. The van der Waals surface area contributed by atoms with E-state index in [1.54, 1.807) is 6.20 Å². The first kappa shape index (κ1) is 12.1. The van der Waals surface area contributed by atoms with Crippen LogP contribution in [0.1, 0.15) is 18.4 Å².